The van der Waals surface area contributed by atoms with Crippen LogP contribution in [-0.2, 0) is 20.9 Å². The summed E-state index contributed by atoms with van der Waals surface area (Å²) in [7, 11) is 1.63. The van der Waals surface area contributed by atoms with E-state index in [0.717, 1.165) is 24.1 Å². The van der Waals surface area contributed by atoms with Crippen molar-refractivity contribution in [2.24, 2.45) is 0 Å². The fraction of sp³-hybridized carbons (Fsp3) is 0.500. The minimum atomic E-state index is -0.454. The number of piperazine rings is 1. The van der Waals surface area contributed by atoms with E-state index in [1.807, 2.05) is 24.3 Å². The maximum atomic E-state index is 12.8. The van der Waals surface area contributed by atoms with Crippen molar-refractivity contribution in [3.8, 4) is 0 Å². The van der Waals surface area contributed by atoms with E-state index in [0.29, 0.717) is 13.2 Å². The molecule has 2 atom stereocenters. The zero-order valence-corrected chi connectivity index (χ0v) is 12.4. The SMILES string of the molecule is COCc1ccccc1N1C(=O)C2CCCN2C(=O)C1C. The molecule has 0 radical (unpaired) electrons. The second-order valence-electron chi connectivity index (χ2n) is 5.64. The highest BCUT2D eigenvalue weighted by Crippen LogP contribution is 2.32. The monoisotopic (exact) mass is 288 g/mol. The molecule has 3 rings (SSSR count). The Bertz CT molecular complexity index is 572. The van der Waals surface area contributed by atoms with Gasteiger partial charge in [-0.25, -0.2) is 0 Å². The summed E-state index contributed by atoms with van der Waals surface area (Å²) >= 11 is 0. The third-order valence-electron chi connectivity index (χ3n) is 4.35. The number of rotatable bonds is 3. The highest BCUT2D eigenvalue weighted by molar-refractivity contribution is 6.08. The Labute approximate surface area is 124 Å². The van der Waals surface area contributed by atoms with E-state index in [1.54, 1.807) is 23.8 Å². The van der Waals surface area contributed by atoms with E-state index in [4.69, 9.17) is 4.74 Å². The van der Waals surface area contributed by atoms with Gasteiger partial charge in [0.2, 0.25) is 5.91 Å². The molecule has 0 aromatic heterocycles. The van der Waals surface area contributed by atoms with Crippen molar-refractivity contribution in [1.82, 2.24) is 4.90 Å². The molecular weight excluding hydrogens is 268 g/mol. The highest BCUT2D eigenvalue weighted by Gasteiger charge is 2.46. The number of amides is 2. The molecule has 2 amide bonds. The van der Waals surface area contributed by atoms with Crippen LogP contribution in [0.1, 0.15) is 25.3 Å². The average molecular weight is 288 g/mol. The summed E-state index contributed by atoms with van der Waals surface area (Å²) in [5, 5.41) is 0. The second-order valence-corrected chi connectivity index (χ2v) is 5.64. The Kier molecular flexibility index (Phi) is 3.68. The maximum absolute atomic E-state index is 12.8. The molecular formula is C16H20N2O3. The largest absolute Gasteiger partial charge is 0.380 e. The second kappa shape index (κ2) is 5.48. The predicted octanol–water partition coefficient (Wildman–Crippen LogP) is 1.56. The molecule has 0 aliphatic carbocycles. The van der Waals surface area contributed by atoms with Crippen molar-refractivity contribution >= 4 is 17.5 Å². The third-order valence-corrected chi connectivity index (χ3v) is 4.35. The van der Waals surface area contributed by atoms with Crippen molar-refractivity contribution in [1.29, 1.82) is 0 Å². The minimum absolute atomic E-state index is 0.0307. The number of methoxy groups -OCH3 is 1. The van der Waals surface area contributed by atoms with Crippen LogP contribution in [0.5, 0.6) is 0 Å². The van der Waals surface area contributed by atoms with Gasteiger partial charge >= 0.3 is 0 Å². The fourth-order valence-electron chi connectivity index (χ4n) is 3.34. The van der Waals surface area contributed by atoms with Crippen molar-refractivity contribution in [2.75, 3.05) is 18.6 Å². The van der Waals surface area contributed by atoms with E-state index in [1.165, 1.54) is 0 Å². The molecule has 21 heavy (non-hydrogen) atoms. The predicted molar refractivity (Wildman–Crippen MR) is 78.8 cm³/mol. The van der Waals surface area contributed by atoms with E-state index in [2.05, 4.69) is 0 Å². The van der Waals surface area contributed by atoms with Gasteiger partial charge in [-0.2, -0.15) is 0 Å². The normalized spacial score (nSPS) is 25.4. The van der Waals surface area contributed by atoms with Gasteiger partial charge in [-0.05, 0) is 25.8 Å². The molecule has 5 nitrogen and oxygen atoms in total. The molecule has 1 aromatic carbocycles. The molecule has 1 aromatic rings. The molecule has 2 fully saturated rings. The third kappa shape index (κ3) is 2.21. The van der Waals surface area contributed by atoms with E-state index >= 15 is 0 Å². The summed E-state index contributed by atoms with van der Waals surface area (Å²) in [5.41, 5.74) is 1.72. The lowest BCUT2D eigenvalue weighted by Crippen LogP contribution is -2.62. The van der Waals surface area contributed by atoms with Crippen molar-refractivity contribution in [2.45, 2.75) is 38.5 Å². The number of hydrogen-bond donors (Lipinski definition) is 0. The van der Waals surface area contributed by atoms with Crippen LogP contribution >= 0.6 is 0 Å². The highest BCUT2D eigenvalue weighted by atomic mass is 16.5. The quantitative estimate of drug-likeness (QED) is 0.848. The van der Waals surface area contributed by atoms with Gasteiger partial charge in [0.1, 0.15) is 12.1 Å². The van der Waals surface area contributed by atoms with Crippen molar-refractivity contribution in [3.05, 3.63) is 29.8 Å². The Balaban J connectivity index is 2.01. The van der Waals surface area contributed by atoms with Gasteiger partial charge in [0.15, 0.2) is 0 Å². The van der Waals surface area contributed by atoms with Gasteiger partial charge in [-0.1, -0.05) is 18.2 Å². The number of nitrogens with zero attached hydrogens (tertiary/aromatic N) is 2. The van der Waals surface area contributed by atoms with Crippen LogP contribution in [0, 0.1) is 0 Å². The summed E-state index contributed by atoms with van der Waals surface area (Å²) in [6.45, 7) is 2.93. The average Bonchev–Trinajstić information content (AvgIpc) is 2.97. The Hall–Kier alpha value is -1.88. The zero-order valence-electron chi connectivity index (χ0n) is 12.4. The minimum Gasteiger partial charge on any atom is -0.380 e. The first-order valence-corrected chi connectivity index (χ1v) is 7.35. The molecule has 5 heteroatoms. The lowest BCUT2D eigenvalue weighted by Gasteiger charge is -2.41. The summed E-state index contributed by atoms with van der Waals surface area (Å²) in [4.78, 5) is 28.7. The van der Waals surface area contributed by atoms with E-state index in [-0.39, 0.29) is 17.9 Å². The topological polar surface area (TPSA) is 49.9 Å². The lowest BCUT2D eigenvalue weighted by molar-refractivity contribution is -0.143. The van der Waals surface area contributed by atoms with Crippen LogP contribution in [0.3, 0.4) is 0 Å². The van der Waals surface area contributed by atoms with E-state index < -0.39 is 6.04 Å². The van der Waals surface area contributed by atoms with Crippen LogP contribution in [0.2, 0.25) is 0 Å². The molecule has 2 aliphatic heterocycles. The van der Waals surface area contributed by atoms with Gasteiger partial charge in [0.05, 0.1) is 12.3 Å². The van der Waals surface area contributed by atoms with Crippen LogP contribution in [0.15, 0.2) is 24.3 Å². The number of para-hydroxylation sites is 1. The molecule has 2 heterocycles. The van der Waals surface area contributed by atoms with Gasteiger partial charge in [0, 0.05) is 19.2 Å². The van der Waals surface area contributed by atoms with Crippen LogP contribution in [0.4, 0.5) is 5.69 Å². The molecule has 0 bridgehead atoms. The molecule has 0 spiro atoms. The summed E-state index contributed by atoms with van der Waals surface area (Å²) in [6, 6.07) is 6.89. The summed E-state index contributed by atoms with van der Waals surface area (Å²) in [6.07, 6.45) is 1.67. The number of ether oxygens (including phenoxy) is 1. The van der Waals surface area contributed by atoms with Gasteiger partial charge in [0.25, 0.3) is 5.91 Å². The van der Waals surface area contributed by atoms with E-state index in [9.17, 15) is 9.59 Å². The number of benzene rings is 1. The summed E-state index contributed by atoms with van der Waals surface area (Å²) < 4.78 is 5.21. The molecule has 2 aliphatic rings. The Morgan fingerprint density at radius 2 is 2.00 bits per heavy atom. The van der Waals surface area contributed by atoms with Gasteiger partial charge in [-0.15, -0.1) is 0 Å². The first kappa shape index (κ1) is 14.1. The Morgan fingerprint density at radius 1 is 1.24 bits per heavy atom. The number of carbonyl (C=O) groups is 2. The van der Waals surface area contributed by atoms with Crippen LogP contribution in [0.25, 0.3) is 0 Å². The lowest BCUT2D eigenvalue weighted by atomic mass is 10.0. The smallest absolute Gasteiger partial charge is 0.250 e. The van der Waals surface area contributed by atoms with Crippen molar-refractivity contribution < 1.29 is 14.3 Å². The van der Waals surface area contributed by atoms with Crippen LogP contribution < -0.4 is 4.90 Å². The molecule has 0 N–H and O–H groups in total. The molecule has 112 valence electrons. The number of carbonyl (C=O) groups excluding carboxylic acids is 2. The maximum Gasteiger partial charge on any atom is 0.250 e. The number of anilines is 1. The first-order valence-electron chi connectivity index (χ1n) is 7.35. The fourth-order valence-corrected chi connectivity index (χ4v) is 3.34. The van der Waals surface area contributed by atoms with Crippen molar-refractivity contribution in [3.63, 3.8) is 0 Å². The zero-order chi connectivity index (χ0) is 15.0. The molecule has 2 unspecified atom stereocenters. The first-order chi connectivity index (χ1) is 10.1. The molecule has 2 saturated heterocycles. The number of fused-ring (bicyclic) bond motifs is 1. The summed E-state index contributed by atoms with van der Waals surface area (Å²) in [5.74, 6) is 0.0764. The van der Waals surface area contributed by atoms with Gasteiger partial charge < -0.3 is 9.64 Å². The standard InChI is InChI=1S/C16H20N2O3/c1-11-15(19)17-9-5-8-14(17)16(20)18(11)13-7-4-3-6-12(13)10-21-2/h3-4,6-7,11,14H,5,8-10H2,1-2H3. The molecule has 0 saturated carbocycles. The van der Waals surface area contributed by atoms with Crippen LogP contribution in [-0.4, -0.2) is 42.5 Å². The van der Waals surface area contributed by atoms with Gasteiger partial charge in [-0.3, -0.25) is 14.5 Å². The Morgan fingerprint density at radius 3 is 2.76 bits per heavy atom. The number of hydrogen-bond acceptors (Lipinski definition) is 3.